The molecule has 0 atom stereocenters. The summed E-state index contributed by atoms with van der Waals surface area (Å²) >= 11 is 1.56. The van der Waals surface area contributed by atoms with Gasteiger partial charge in [-0.3, -0.25) is 0 Å². The fraction of sp³-hybridized carbons (Fsp3) is 0.273. The largest absolute Gasteiger partial charge is 0.486 e. The second-order valence-electron chi connectivity index (χ2n) is 7.08. The highest BCUT2D eigenvalue weighted by Gasteiger charge is 2.29. The quantitative estimate of drug-likeness (QED) is 0.590. The van der Waals surface area contributed by atoms with Crippen LogP contribution < -0.4 is 9.47 Å². The van der Waals surface area contributed by atoms with E-state index in [1.165, 1.54) is 13.8 Å². The Kier molecular flexibility index (Phi) is 5.70. The number of carboxylic acid groups (broad SMARTS) is 1. The van der Waals surface area contributed by atoms with Gasteiger partial charge in [-0.05, 0) is 51.0 Å². The number of aliphatic carboxylic acids is 1. The molecule has 0 saturated heterocycles. The van der Waals surface area contributed by atoms with Crippen molar-refractivity contribution in [2.75, 3.05) is 0 Å². The molecular formula is C22H23NO4S. The first-order chi connectivity index (χ1) is 13.3. The lowest BCUT2D eigenvalue weighted by molar-refractivity contribution is -0.152. The van der Waals surface area contributed by atoms with Crippen molar-refractivity contribution in [2.45, 2.75) is 39.9 Å². The molecule has 0 aliphatic rings. The number of thiazole rings is 1. The van der Waals surface area contributed by atoms with Gasteiger partial charge in [0.15, 0.2) is 5.60 Å². The molecule has 1 heterocycles. The van der Waals surface area contributed by atoms with Crippen molar-refractivity contribution in [3.05, 3.63) is 64.0 Å². The number of nitrogens with zero attached hydrogens (tertiary/aromatic N) is 1. The molecule has 0 fully saturated rings. The molecule has 146 valence electrons. The molecule has 0 unspecified atom stereocenters. The molecule has 0 aliphatic carbocycles. The molecular weight excluding hydrogens is 374 g/mol. The van der Waals surface area contributed by atoms with Crippen molar-refractivity contribution in [1.82, 2.24) is 4.98 Å². The number of hydrogen-bond acceptors (Lipinski definition) is 5. The third kappa shape index (κ3) is 4.51. The Morgan fingerprint density at radius 1 is 1.14 bits per heavy atom. The SMILES string of the molecule is Cc1cc(OC(C)(C)C(=O)O)cc(C)c1OCc1nc(-c2ccccc2)cs1. The summed E-state index contributed by atoms with van der Waals surface area (Å²) in [5.41, 5.74) is 2.50. The maximum atomic E-state index is 11.3. The van der Waals surface area contributed by atoms with Crippen LogP contribution in [0.4, 0.5) is 0 Å². The predicted octanol–water partition coefficient (Wildman–Crippen LogP) is 5.25. The summed E-state index contributed by atoms with van der Waals surface area (Å²) in [6.45, 7) is 7.26. The average molecular weight is 397 g/mol. The molecule has 1 N–H and O–H groups in total. The summed E-state index contributed by atoms with van der Waals surface area (Å²) in [6, 6.07) is 13.6. The van der Waals surface area contributed by atoms with Gasteiger partial charge in [0.1, 0.15) is 23.1 Å². The molecule has 0 saturated carbocycles. The highest BCUT2D eigenvalue weighted by atomic mass is 32.1. The van der Waals surface area contributed by atoms with E-state index in [1.807, 2.05) is 49.6 Å². The van der Waals surface area contributed by atoms with Gasteiger partial charge in [0.25, 0.3) is 0 Å². The van der Waals surface area contributed by atoms with E-state index in [0.29, 0.717) is 12.4 Å². The molecule has 0 radical (unpaired) electrons. The lowest BCUT2D eigenvalue weighted by atomic mass is 10.1. The predicted molar refractivity (Wildman–Crippen MR) is 110 cm³/mol. The Bertz CT molecular complexity index is 956. The molecule has 0 amide bonds. The molecule has 0 aliphatic heterocycles. The van der Waals surface area contributed by atoms with Crippen LogP contribution in [0, 0.1) is 13.8 Å². The monoisotopic (exact) mass is 397 g/mol. The summed E-state index contributed by atoms with van der Waals surface area (Å²) in [5.74, 6) is 0.258. The number of carbonyl (C=O) groups is 1. The van der Waals surface area contributed by atoms with Crippen LogP contribution in [0.2, 0.25) is 0 Å². The van der Waals surface area contributed by atoms with Crippen LogP contribution in [0.25, 0.3) is 11.3 Å². The Hall–Kier alpha value is -2.86. The highest BCUT2D eigenvalue weighted by Crippen LogP contribution is 2.31. The van der Waals surface area contributed by atoms with Crippen LogP contribution in [0.1, 0.15) is 30.0 Å². The zero-order valence-corrected chi connectivity index (χ0v) is 17.2. The minimum atomic E-state index is -1.30. The van der Waals surface area contributed by atoms with Crippen LogP contribution >= 0.6 is 11.3 Å². The smallest absolute Gasteiger partial charge is 0.347 e. The number of hydrogen-bond donors (Lipinski definition) is 1. The topological polar surface area (TPSA) is 68.7 Å². The standard InChI is InChI=1S/C22H23NO4S/c1-14-10-17(27-22(3,4)21(24)25)11-15(2)20(14)26-12-19-23-18(13-28-19)16-8-6-5-7-9-16/h5-11,13H,12H2,1-4H3,(H,24,25). The molecule has 1 aromatic heterocycles. The molecule has 3 aromatic rings. The van der Waals surface area contributed by atoms with Crippen LogP contribution in [0.3, 0.4) is 0 Å². The third-order valence-corrected chi connectivity index (χ3v) is 5.11. The van der Waals surface area contributed by atoms with Gasteiger partial charge >= 0.3 is 5.97 Å². The lowest BCUT2D eigenvalue weighted by Gasteiger charge is -2.23. The normalized spacial score (nSPS) is 11.3. The van der Waals surface area contributed by atoms with Gasteiger partial charge in [0, 0.05) is 10.9 Å². The number of benzene rings is 2. The van der Waals surface area contributed by atoms with Crippen molar-refractivity contribution in [3.8, 4) is 22.8 Å². The van der Waals surface area contributed by atoms with Crippen molar-refractivity contribution in [2.24, 2.45) is 0 Å². The fourth-order valence-electron chi connectivity index (χ4n) is 2.79. The van der Waals surface area contributed by atoms with Crippen molar-refractivity contribution < 1.29 is 19.4 Å². The number of ether oxygens (including phenoxy) is 2. The van der Waals surface area contributed by atoms with Gasteiger partial charge in [-0.2, -0.15) is 0 Å². The van der Waals surface area contributed by atoms with Crippen LogP contribution in [0.5, 0.6) is 11.5 Å². The summed E-state index contributed by atoms with van der Waals surface area (Å²) in [5, 5.41) is 12.2. The average Bonchev–Trinajstić information content (AvgIpc) is 3.10. The fourth-order valence-corrected chi connectivity index (χ4v) is 3.50. The lowest BCUT2D eigenvalue weighted by Crippen LogP contribution is -2.37. The zero-order valence-electron chi connectivity index (χ0n) is 16.4. The Balaban J connectivity index is 1.71. The van der Waals surface area contributed by atoms with E-state index < -0.39 is 11.6 Å². The number of carboxylic acids is 1. The van der Waals surface area contributed by atoms with E-state index >= 15 is 0 Å². The van der Waals surface area contributed by atoms with Crippen molar-refractivity contribution in [1.29, 1.82) is 0 Å². The summed E-state index contributed by atoms with van der Waals surface area (Å²) in [7, 11) is 0. The van der Waals surface area contributed by atoms with E-state index in [2.05, 4.69) is 4.98 Å². The molecule has 0 bridgehead atoms. The highest BCUT2D eigenvalue weighted by molar-refractivity contribution is 7.09. The summed E-state index contributed by atoms with van der Waals surface area (Å²) in [4.78, 5) is 15.9. The zero-order chi connectivity index (χ0) is 20.3. The van der Waals surface area contributed by atoms with Crippen LogP contribution in [0.15, 0.2) is 47.8 Å². The first kappa shape index (κ1) is 19.9. The number of rotatable bonds is 7. The molecule has 5 nitrogen and oxygen atoms in total. The van der Waals surface area contributed by atoms with E-state index in [1.54, 1.807) is 23.5 Å². The van der Waals surface area contributed by atoms with E-state index in [-0.39, 0.29) is 0 Å². The molecule has 0 spiro atoms. The van der Waals surface area contributed by atoms with Gasteiger partial charge in [-0.1, -0.05) is 30.3 Å². The third-order valence-electron chi connectivity index (χ3n) is 4.28. The summed E-state index contributed by atoms with van der Waals surface area (Å²) in [6.07, 6.45) is 0. The first-order valence-electron chi connectivity index (χ1n) is 8.92. The maximum absolute atomic E-state index is 11.3. The van der Waals surface area contributed by atoms with Crippen LogP contribution in [-0.4, -0.2) is 21.7 Å². The minimum absolute atomic E-state index is 0.375. The second-order valence-corrected chi connectivity index (χ2v) is 8.03. The van der Waals surface area contributed by atoms with Crippen LogP contribution in [-0.2, 0) is 11.4 Å². The molecule has 6 heteroatoms. The van der Waals surface area contributed by atoms with Crippen molar-refractivity contribution in [3.63, 3.8) is 0 Å². The van der Waals surface area contributed by atoms with Gasteiger partial charge in [-0.25, -0.2) is 9.78 Å². The maximum Gasteiger partial charge on any atom is 0.347 e. The Morgan fingerprint density at radius 3 is 2.39 bits per heavy atom. The minimum Gasteiger partial charge on any atom is -0.486 e. The number of aryl methyl sites for hydroxylation is 2. The van der Waals surface area contributed by atoms with Gasteiger partial charge in [0.05, 0.1) is 5.69 Å². The Morgan fingerprint density at radius 2 is 1.79 bits per heavy atom. The van der Waals surface area contributed by atoms with E-state index in [0.717, 1.165) is 33.1 Å². The van der Waals surface area contributed by atoms with E-state index in [4.69, 9.17) is 9.47 Å². The molecule has 28 heavy (non-hydrogen) atoms. The summed E-state index contributed by atoms with van der Waals surface area (Å²) < 4.78 is 11.6. The Labute approximate surface area is 168 Å². The van der Waals surface area contributed by atoms with Gasteiger partial charge in [-0.15, -0.1) is 11.3 Å². The van der Waals surface area contributed by atoms with Gasteiger partial charge < -0.3 is 14.6 Å². The molecule has 3 rings (SSSR count). The van der Waals surface area contributed by atoms with E-state index in [9.17, 15) is 9.90 Å². The second kappa shape index (κ2) is 8.02. The van der Waals surface area contributed by atoms with Crippen molar-refractivity contribution >= 4 is 17.3 Å². The first-order valence-corrected chi connectivity index (χ1v) is 9.80. The van der Waals surface area contributed by atoms with Gasteiger partial charge in [0.2, 0.25) is 0 Å². The molecule has 2 aromatic carbocycles. The number of aromatic nitrogens is 1.